The number of nitrogens with one attached hydrogen (secondary N) is 1. The van der Waals surface area contributed by atoms with E-state index in [1.165, 1.54) is 6.07 Å². The maximum absolute atomic E-state index is 13.2. The van der Waals surface area contributed by atoms with Crippen LogP contribution in [0, 0.1) is 15.9 Å². The second-order valence-electron chi connectivity index (χ2n) is 4.21. The molecule has 21 heavy (non-hydrogen) atoms. The highest BCUT2D eigenvalue weighted by Gasteiger charge is 2.15. The highest BCUT2D eigenvalue weighted by molar-refractivity contribution is 6.17. The number of carbonyl (C=O) groups excluding carboxylic acids is 1. The van der Waals surface area contributed by atoms with E-state index in [-0.39, 0.29) is 11.6 Å². The topological polar surface area (TPSA) is 72.2 Å². The lowest BCUT2D eigenvalue weighted by atomic mass is 10.1. The minimum Gasteiger partial charge on any atom is -0.322 e. The third kappa shape index (κ3) is 3.55. The van der Waals surface area contributed by atoms with Crippen molar-refractivity contribution >= 4 is 28.9 Å². The van der Waals surface area contributed by atoms with Crippen molar-refractivity contribution in [2.75, 3.05) is 5.32 Å². The monoisotopic (exact) mass is 308 g/mol. The maximum Gasteiger partial charge on any atom is 0.306 e. The van der Waals surface area contributed by atoms with E-state index in [2.05, 4.69) is 5.32 Å². The Labute approximate surface area is 124 Å². The van der Waals surface area contributed by atoms with Gasteiger partial charge in [-0.15, -0.1) is 11.6 Å². The summed E-state index contributed by atoms with van der Waals surface area (Å²) in [5.41, 5.74) is 0.584. The van der Waals surface area contributed by atoms with Crippen molar-refractivity contribution in [1.82, 2.24) is 0 Å². The van der Waals surface area contributed by atoms with Gasteiger partial charge in [-0.3, -0.25) is 14.9 Å². The van der Waals surface area contributed by atoms with E-state index in [1.54, 1.807) is 24.3 Å². The molecule has 0 saturated carbocycles. The van der Waals surface area contributed by atoms with Gasteiger partial charge in [-0.2, -0.15) is 4.39 Å². The van der Waals surface area contributed by atoms with Gasteiger partial charge in [-0.25, -0.2) is 0 Å². The fourth-order valence-corrected chi connectivity index (χ4v) is 1.90. The smallest absolute Gasteiger partial charge is 0.306 e. The maximum atomic E-state index is 13.2. The Morgan fingerprint density at radius 1 is 1.29 bits per heavy atom. The lowest BCUT2D eigenvalue weighted by Gasteiger charge is -2.06. The van der Waals surface area contributed by atoms with Crippen LogP contribution in [0.2, 0.25) is 0 Å². The van der Waals surface area contributed by atoms with Crippen LogP contribution in [-0.4, -0.2) is 10.8 Å². The molecule has 0 heterocycles. The van der Waals surface area contributed by atoms with Crippen LogP contribution in [0.15, 0.2) is 42.5 Å². The molecule has 0 spiro atoms. The van der Waals surface area contributed by atoms with Gasteiger partial charge in [-0.05, 0) is 29.8 Å². The summed E-state index contributed by atoms with van der Waals surface area (Å²) in [5.74, 6) is -1.15. The van der Waals surface area contributed by atoms with Crippen LogP contribution in [-0.2, 0) is 5.88 Å². The van der Waals surface area contributed by atoms with Gasteiger partial charge in [0.05, 0.1) is 4.92 Å². The Morgan fingerprint density at radius 3 is 2.71 bits per heavy atom. The minimum atomic E-state index is -0.956. The number of halogens is 2. The van der Waals surface area contributed by atoms with Crippen LogP contribution in [0.1, 0.15) is 15.9 Å². The first-order chi connectivity index (χ1) is 10.0. The summed E-state index contributed by atoms with van der Waals surface area (Å²) < 4.78 is 13.2. The Morgan fingerprint density at radius 2 is 2.05 bits per heavy atom. The van der Waals surface area contributed by atoms with Crippen LogP contribution in [0.5, 0.6) is 0 Å². The Bertz CT molecular complexity index is 706. The molecule has 0 unspecified atom stereocenters. The molecule has 0 radical (unpaired) electrons. The van der Waals surface area contributed by atoms with Gasteiger partial charge >= 0.3 is 5.69 Å². The van der Waals surface area contributed by atoms with Crippen LogP contribution in [0.3, 0.4) is 0 Å². The predicted molar refractivity (Wildman–Crippen MR) is 77.0 cm³/mol. The molecule has 0 atom stereocenters. The molecule has 5 nitrogen and oxygen atoms in total. The minimum absolute atomic E-state index is 0.143. The van der Waals surface area contributed by atoms with Gasteiger partial charge in [0.15, 0.2) is 0 Å². The number of rotatable bonds is 4. The first-order valence-electron chi connectivity index (χ1n) is 5.91. The summed E-state index contributed by atoms with van der Waals surface area (Å²) in [5, 5.41) is 13.1. The molecule has 2 aromatic rings. The molecule has 1 N–H and O–H groups in total. The van der Waals surface area contributed by atoms with Crippen LogP contribution in [0.4, 0.5) is 15.8 Å². The molecule has 0 saturated heterocycles. The van der Waals surface area contributed by atoms with Gasteiger partial charge in [0.2, 0.25) is 5.82 Å². The summed E-state index contributed by atoms with van der Waals surface area (Å²) in [6.07, 6.45) is 0. The average Bonchev–Trinajstić information content (AvgIpc) is 2.49. The molecular weight excluding hydrogens is 299 g/mol. The number of alkyl halides is 1. The summed E-state index contributed by atoms with van der Waals surface area (Å²) >= 11 is 5.69. The number of carbonyl (C=O) groups is 1. The van der Waals surface area contributed by atoms with Crippen LogP contribution in [0.25, 0.3) is 0 Å². The van der Waals surface area contributed by atoms with E-state index in [4.69, 9.17) is 11.6 Å². The quantitative estimate of drug-likeness (QED) is 0.531. The average molecular weight is 309 g/mol. The molecule has 2 rings (SSSR count). The molecular formula is C14H10ClFN2O3. The molecule has 2 aromatic carbocycles. The zero-order chi connectivity index (χ0) is 15.4. The molecule has 0 aromatic heterocycles. The molecule has 0 bridgehead atoms. The SMILES string of the molecule is O=C(Nc1ccc(F)c([N+](=O)[O-])c1)c1cccc(CCl)c1. The van der Waals surface area contributed by atoms with Crippen molar-refractivity contribution in [1.29, 1.82) is 0 Å². The fraction of sp³-hybridized carbons (Fsp3) is 0.0714. The third-order valence-corrected chi connectivity index (χ3v) is 3.05. The summed E-state index contributed by atoms with van der Waals surface area (Å²) in [6.45, 7) is 0. The normalized spacial score (nSPS) is 10.2. The zero-order valence-electron chi connectivity index (χ0n) is 10.7. The molecule has 0 aliphatic heterocycles. The third-order valence-electron chi connectivity index (χ3n) is 2.74. The van der Waals surface area contributed by atoms with E-state index in [0.717, 1.165) is 17.7 Å². The van der Waals surface area contributed by atoms with Crippen molar-refractivity contribution in [2.45, 2.75) is 5.88 Å². The van der Waals surface area contributed by atoms with Gasteiger partial charge in [0.1, 0.15) is 0 Å². The number of hydrogen-bond donors (Lipinski definition) is 1. The predicted octanol–water partition coefficient (Wildman–Crippen LogP) is 3.73. The highest BCUT2D eigenvalue weighted by atomic mass is 35.5. The van der Waals surface area contributed by atoms with Gasteiger partial charge in [0, 0.05) is 23.2 Å². The largest absolute Gasteiger partial charge is 0.322 e. The van der Waals surface area contributed by atoms with Crippen molar-refractivity contribution < 1.29 is 14.1 Å². The number of amides is 1. The first kappa shape index (κ1) is 14.9. The van der Waals surface area contributed by atoms with Gasteiger partial charge in [-0.1, -0.05) is 12.1 Å². The Hall–Kier alpha value is -2.47. The van der Waals surface area contributed by atoms with Crippen molar-refractivity contribution in [3.05, 3.63) is 69.5 Å². The molecule has 0 aliphatic rings. The van der Waals surface area contributed by atoms with E-state index in [0.29, 0.717) is 5.56 Å². The Kier molecular flexibility index (Phi) is 4.49. The van der Waals surface area contributed by atoms with E-state index < -0.39 is 22.3 Å². The lowest BCUT2D eigenvalue weighted by molar-refractivity contribution is -0.387. The molecule has 1 amide bonds. The number of nitro benzene ring substituents is 1. The molecule has 7 heteroatoms. The van der Waals surface area contributed by atoms with Crippen molar-refractivity contribution in [2.24, 2.45) is 0 Å². The lowest BCUT2D eigenvalue weighted by Crippen LogP contribution is -2.12. The summed E-state index contributed by atoms with van der Waals surface area (Å²) in [4.78, 5) is 21.8. The number of benzene rings is 2. The molecule has 108 valence electrons. The van der Waals surface area contributed by atoms with E-state index >= 15 is 0 Å². The second-order valence-corrected chi connectivity index (χ2v) is 4.48. The van der Waals surface area contributed by atoms with Crippen molar-refractivity contribution in [3.63, 3.8) is 0 Å². The second kappa shape index (κ2) is 6.32. The molecule has 0 aliphatic carbocycles. The number of hydrogen-bond acceptors (Lipinski definition) is 3. The van der Waals surface area contributed by atoms with Gasteiger partial charge in [0.25, 0.3) is 5.91 Å². The first-order valence-corrected chi connectivity index (χ1v) is 6.45. The van der Waals surface area contributed by atoms with Crippen LogP contribution < -0.4 is 5.32 Å². The zero-order valence-corrected chi connectivity index (χ0v) is 11.4. The highest BCUT2D eigenvalue weighted by Crippen LogP contribution is 2.22. The van der Waals surface area contributed by atoms with Gasteiger partial charge < -0.3 is 5.32 Å². The van der Waals surface area contributed by atoms with Crippen molar-refractivity contribution in [3.8, 4) is 0 Å². The van der Waals surface area contributed by atoms with Crippen LogP contribution >= 0.6 is 11.6 Å². The molecule has 0 fully saturated rings. The number of nitrogens with zero attached hydrogens (tertiary/aromatic N) is 1. The summed E-state index contributed by atoms with van der Waals surface area (Å²) in [6, 6.07) is 9.81. The fourth-order valence-electron chi connectivity index (χ4n) is 1.73. The Balaban J connectivity index is 2.23. The van der Waals surface area contributed by atoms with E-state index in [9.17, 15) is 19.3 Å². The van der Waals surface area contributed by atoms with E-state index in [1.807, 2.05) is 0 Å². The summed E-state index contributed by atoms with van der Waals surface area (Å²) in [7, 11) is 0. The number of anilines is 1. The standard InChI is InChI=1S/C14H10ClFN2O3/c15-8-9-2-1-3-10(6-9)14(19)17-11-4-5-12(16)13(7-11)18(20)21/h1-7H,8H2,(H,17,19). The number of nitro groups is 1.